The number of aromatic nitrogens is 1. The van der Waals surface area contributed by atoms with E-state index in [0.29, 0.717) is 16.8 Å². The molecule has 0 radical (unpaired) electrons. The Kier molecular flexibility index (Phi) is 7.24. The highest BCUT2D eigenvalue weighted by Crippen LogP contribution is 2.37. The number of benzene rings is 1. The van der Waals surface area contributed by atoms with Gasteiger partial charge in [-0.2, -0.15) is 0 Å². The van der Waals surface area contributed by atoms with E-state index in [0.717, 1.165) is 76.9 Å². The fourth-order valence-electron chi connectivity index (χ4n) is 5.69. The van der Waals surface area contributed by atoms with Gasteiger partial charge in [0, 0.05) is 55.7 Å². The number of nitrogens with one attached hydrogen (secondary N) is 3. The molecule has 3 aliphatic rings. The van der Waals surface area contributed by atoms with Crippen LogP contribution >= 0.6 is 0 Å². The molecule has 2 amide bonds. The molecule has 0 spiro atoms. The lowest BCUT2D eigenvalue weighted by Gasteiger charge is -2.34. The van der Waals surface area contributed by atoms with Crippen LogP contribution in [0.1, 0.15) is 54.3 Å². The molecule has 10 heteroatoms. The second-order valence-corrected chi connectivity index (χ2v) is 11.9. The quantitative estimate of drug-likeness (QED) is 0.481. The van der Waals surface area contributed by atoms with Crippen molar-refractivity contribution in [3.63, 3.8) is 0 Å². The highest BCUT2D eigenvalue weighted by molar-refractivity contribution is 7.89. The van der Waals surface area contributed by atoms with Gasteiger partial charge < -0.3 is 15.2 Å². The average molecular weight is 526 g/mol. The van der Waals surface area contributed by atoms with Crippen LogP contribution in [-0.2, 0) is 38.9 Å². The van der Waals surface area contributed by atoms with Crippen LogP contribution < -0.4 is 10.0 Å². The van der Waals surface area contributed by atoms with Gasteiger partial charge >= 0.3 is 0 Å². The average Bonchev–Trinajstić information content (AvgIpc) is 3.40. The topological polar surface area (TPSA) is 115 Å². The van der Waals surface area contributed by atoms with Crippen molar-refractivity contribution in [2.75, 3.05) is 45.1 Å². The summed E-state index contributed by atoms with van der Waals surface area (Å²) in [4.78, 5) is 32.6. The summed E-state index contributed by atoms with van der Waals surface area (Å²) in [5, 5.41) is 2.87. The molecule has 3 N–H and O–H groups in total. The molecule has 1 aliphatic carbocycles. The number of anilines is 1. The zero-order valence-electron chi connectivity index (χ0n) is 21.5. The molecular formula is C27H35N5O4S. The smallest absolute Gasteiger partial charge is 0.256 e. The Morgan fingerprint density at radius 3 is 2.62 bits per heavy atom. The number of fused-ring (bicyclic) bond motifs is 2. The van der Waals surface area contributed by atoms with E-state index >= 15 is 0 Å². The number of nitrogens with zero attached hydrogens (tertiary/aromatic N) is 2. The first-order valence-electron chi connectivity index (χ1n) is 13.1. The third-order valence-corrected chi connectivity index (χ3v) is 9.22. The second-order valence-electron chi connectivity index (χ2n) is 10.1. The van der Waals surface area contributed by atoms with Crippen molar-refractivity contribution in [3.8, 4) is 0 Å². The Bertz CT molecular complexity index is 1350. The molecule has 9 nitrogen and oxygen atoms in total. The molecule has 2 aliphatic heterocycles. The maximum atomic E-state index is 12.9. The maximum Gasteiger partial charge on any atom is 0.256 e. The number of hydrogen-bond donors (Lipinski definition) is 3. The molecule has 198 valence electrons. The minimum absolute atomic E-state index is 0.132. The predicted octanol–water partition coefficient (Wildman–Crippen LogP) is 2.39. The molecule has 0 atom stereocenters. The number of sulfonamides is 1. The Balaban J connectivity index is 1.39. The molecule has 0 saturated carbocycles. The van der Waals surface area contributed by atoms with Crippen molar-refractivity contribution in [1.82, 2.24) is 19.5 Å². The van der Waals surface area contributed by atoms with E-state index in [1.807, 2.05) is 11.0 Å². The number of carbonyl (C=O) groups is 2. The Morgan fingerprint density at radius 1 is 1.14 bits per heavy atom. The number of piperazine rings is 1. The summed E-state index contributed by atoms with van der Waals surface area (Å²) in [6.45, 7) is 5.96. The zero-order chi connectivity index (χ0) is 26.2. The molecule has 1 saturated heterocycles. The van der Waals surface area contributed by atoms with Crippen LogP contribution in [0.5, 0.6) is 0 Å². The van der Waals surface area contributed by atoms with E-state index in [1.54, 1.807) is 19.1 Å². The first-order valence-corrected chi connectivity index (χ1v) is 14.6. The van der Waals surface area contributed by atoms with Crippen LogP contribution in [-0.4, -0.2) is 74.8 Å². The van der Waals surface area contributed by atoms with E-state index < -0.39 is 10.0 Å². The van der Waals surface area contributed by atoms with Gasteiger partial charge in [0.25, 0.3) is 5.91 Å². The molecule has 1 aromatic carbocycles. The molecular weight excluding hydrogens is 490 g/mol. The summed E-state index contributed by atoms with van der Waals surface area (Å²) < 4.78 is 27.1. The molecule has 1 aromatic heterocycles. The van der Waals surface area contributed by atoms with Crippen LogP contribution in [0.25, 0.3) is 11.6 Å². The summed E-state index contributed by atoms with van der Waals surface area (Å²) in [7, 11) is -2.25. The minimum Gasteiger partial charge on any atom is -0.358 e. The molecule has 5 rings (SSSR count). The second kappa shape index (κ2) is 10.4. The number of H-pyrrole nitrogens is 1. The van der Waals surface area contributed by atoms with E-state index in [1.165, 1.54) is 29.9 Å². The normalized spacial score (nSPS) is 19.1. The summed E-state index contributed by atoms with van der Waals surface area (Å²) in [5.74, 6) is -0.0830. The standard InChI is InChI=1S/C27H35N5O4S/c1-18(33)32-14-12-31(13-15-32)11-5-7-21-20-6-3-4-8-24(20)29-26(21)17-23-22-16-19(37(35,36)28-2)9-10-25(22)30-27(23)34/h9-10,16-17,28-29H,3-8,11-15H2,1-2H3,(H,30,34)/b23-17-. The summed E-state index contributed by atoms with van der Waals surface area (Å²) in [5.41, 5.74) is 6.55. The lowest BCUT2D eigenvalue weighted by molar-refractivity contribution is -0.130. The summed E-state index contributed by atoms with van der Waals surface area (Å²) >= 11 is 0. The fraction of sp³-hybridized carbons (Fsp3) is 0.481. The Hall–Kier alpha value is -2.95. The SMILES string of the molecule is CNS(=O)(=O)c1ccc2c(c1)/C(=C/c1[nH]c3c(c1CCCN1CCN(C(C)=O)CC1)CCCC3)C(=O)N2. The lowest BCUT2D eigenvalue weighted by Crippen LogP contribution is -2.48. The van der Waals surface area contributed by atoms with E-state index in [2.05, 4.69) is 19.9 Å². The van der Waals surface area contributed by atoms with Gasteiger partial charge in [0.1, 0.15) is 0 Å². The molecule has 3 heterocycles. The predicted molar refractivity (Wildman–Crippen MR) is 144 cm³/mol. The Labute approximate surface area is 218 Å². The van der Waals surface area contributed by atoms with E-state index in [9.17, 15) is 18.0 Å². The van der Waals surface area contributed by atoms with Crippen LogP contribution in [0.2, 0.25) is 0 Å². The van der Waals surface area contributed by atoms with Gasteiger partial charge in [-0.05, 0) is 87.5 Å². The largest absolute Gasteiger partial charge is 0.358 e. The van der Waals surface area contributed by atoms with Crippen LogP contribution in [0.15, 0.2) is 23.1 Å². The van der Waals surface area contributed by atoms with Gasteiger partial charge in [-0.15, -0.1) is 0 Å². The van der Waals surface area contributed by atoms with Crippen molar-refractivity contribution >= 4 is 39.2 Å². The maximum absolute atomic E-state index is 12.9. The fourth-order valence-corrected chi connectivity index (χ4v) is 6.45. The van der Waals surface area contributed by atoms with Gasteiger partial charge in [-0.3, -0.25) is 14.5 Å². The number of amides is 2. The van der Waals surface area contributed by atoms with Crippen molar-refractivity contribution in [1.29, 1.82) is 0 Å². The monoisotopic (exact) mass is 525 g/mol. The van der Waals surface area contributed by atoms with Gasteiger partial charge in [-0.1, -0.05) is 0 Å². The third kappa shape index (κ3) is 5.23. The van der Waals surface area contributed by atoms with Crippen molar-refractivity contribution in [3.05, 3.63) is 46.3 Å². The number of carbonyl (C=O) groups excluding carboxylic acids is 2. The van der Waals surface area contributed by atoms with Gasteiger partial charge in [0.15, 0.2) is 0 Å². The van der Waals surface area contributed by atoms with Crippen molar-refractivity contribution in [2.45, 2.75) is 50.3 Å². The van der Waals surface area contributed by atoms with Crippen LogP contribution in [0.4, 0.5) is 5.69 Å². The van der Waals surface area contributed by atoms with Crippen molar-refractivity contribution < 1.29 is 18.0 Å². The molecule has 0 unspecified atom stereocenters. The van der Waals surface area contributed by atoms with Crippen molar-refractivity contribution in [2.24, 2.45) is 0 Å². The van der Waals surface area contributed by atoms with Gasteiger partial charge in [0.2, 0.25) is 15.9 Å². The van der Waals surface area contributed by atoms with E-state index in [-0.39, 0.29) is 16.7 Å². The molecule has 2 aromatic rings. The molecule has 37 heavy (non-hydrogen) atoms. The highest BCUT2D eigenvalue weighted by atomic mass is 32.2. The zero-order valence-corrected chi connectivity index (χ0v) is 22.3. The van der Waals surface area contributed by atoms with Crippen LogP contribution in [0, 0.1) is 0 Å². The third-order valence-electron chi connectivity index (χ3n) is 7.80. The summed E-state index contributed by atoms with van der Waals surface area (Å²) in [6.07, 6.45) is 8.15. The van der Waals surface area contributed by atoms with E-state index in [4.69, 9.17) is 0 Å². The number of rotatable bonds is 7. The van der Waals surface area contributed by atoms with Gasteiger partial charge in [-0.25, -0.2) is 13.1 Å². The number of hydrogen-bond acceptors (Lipinski definition) is 5. The lowest BCUT2D eigenvalue weighted by atomic mass is 9.92. The first-order chi connectivity index (χ1) is 17.8. The first kappa shape index (κ1) is 25.7. The number of aryl methyl sites for hydroxylation is 1. The minimum atomic E-state index is -3.63. The summed E-state index contributed by atoms with van der Waals surface area (Å²) in [6, 6.07) is 4.71. The highest BCUT2D eigenvalue weighted by Gasteiger charge is 2.28. The molecule has 1 fully saturated rings. The Morgan fingerprint density at radius 2 is 1.89 bits per heavy atom. The van der Waals surface area contributed by atoms with Crippen LogP contribution in [0.3, 0.4) is 0 Å². The van der Waals surface area contributed by atoms with Gasteiger partial charge in [0.05, 0.1) is 10.5 Å². The number of aromatic amines is 1. The molecule has 0 bridgehead atoms.